The summed E-state index contributed by atoms with van der Waals surface area (Å²) in [7, 11) is 1.66. The highest BCUT2D eigenvalue weighted by Crippen LogP contribution is 2.21. The van der Waals surface area contributed by atoms with Crippen LogP contribution in [0.5, 0.6) is 0 Å². The SMILES string of the molecule is COCC(C)NC(C)c1ccc(Br)cc1F. The van der Waals surface area contributed by atoms with E-state index in [1.807, 2.05) is 19.9 Å². The molecule has 0 aliphatic heterocycles. The molecule has 16 heavy (non-hydrogen) atoms. The van der Waals surface area contributed by atoms with Gasteiger partial charge in [0, 0.05) is 29.2 Å². The van der Waals surface area contributed by atoms with Gasteiger partial charge in [0.2, 0.25) is 0 Å². The van der Waals surface area contributed by atoms with Gasteiger partial charge in [0.15, 0.2) is 0 Å². The van der Waals surface area contributed by atoms with Crippen LogP contribution in [0.1, 0.15) is 25.5 Å². The van der Waals surface area contributed by atoms with Gasteiger partial charge in [-0.2, -0.15) is 0 Å². The van der Waals surface area contributed by atoms with Crippen molar-refractivity contribution < 1.29 is 9.13 Å². The van der Waals surface area contributed by atoms with Crippen LogP contribution in [-0.4, -0.2) is 19.8 Å². The monoisotopic (exact) mass is 289 g/mol. The van der Waals surface area contributed by atoms with Crippen LogP contribution in [0.25, 0.3) is 0 Å². The second kappa shape index (κ2) is 6.33. The molecule has 2 unspecified atom stereocenters. The minimum atomic E-state index is -0.195. The van der Waals surface area contributed by atoms with Crippen molar-refractivity contribution in [3.8, 4) is 0 Å². The molecule has 0 saturated heterocycles. The highest BCUT2D eigenvalue weighted by Gasteiger charge is 2.13. The molecular formula is C12H17BrFNO. The minimum absolute atomic E-state index is 0.0294. The molecule has 0 spiro atoms. The molecular weight excluding hydrogens is 273 g/mol. The van der Waals surface area contributed by atoms with Gasteiger partial charge >= 0.3 is 0 Å². The smallest absolute Gasteiger partial charge is 0.129 e. The van der Waals surface area contributed by atoms with Gasteiger partial charge in [-0.15, -0.1) is 0 Å². The number of halogens is 2. The fourth-order valence-corrected chi connectivity index (χ4v) is 2.00. The van der Waals surface area contributed by atoms with Crippen LogP contribution in [-0.2, 0) is 4.74 Å². The molecule has 1 aromatic carbocycles. The van der Waals surface area contributed by atoms with Gasteiger partial charge in [0.25, 0.3) is 0 Å². The summed E-state index contributed by atoms with van der Waals surface area (Å²) in [5, 5.41) is 3.28. The Morgan fingerprint density at radius 3 is 2.69 bits per heavy atom. The summed E-state index contributed by atoms with van der Waals surface area (Å²) in [5.41, 5.74) is 0.672. The van der Waals surface area contributed by atoms with Crippen molar-refractivity contribution >= 4 is 15.9 Å². The molecule has 1 aromatic rings. The van der Waals surface area contributed by atoms with Crippen LogP contribution in [0, 0.1) is 5.82 Å². The Kier molecular flexibility index (Phi) is 5.38. The second-order valence-electron chi connectivity index (χ2n) is 3.91. The standard InChI is InChI=1S/C12H17BrFNO/c1-8(7-16-3)15-9(2)11-5-4-10(13)6-12(11)14/h4-6,8-9,15H,7H2,1-3H3. The molecule has 0 aliphatic rings. The topological polar surface area (TPSA) is 21.3 Å². The van der Waals surface area contributed by atoms with Crippen LogP contribution < -0.4 is 5.32 Å². The predicted octanol–water partition coefficient (Wildman–Crippen LogP) is 3.27. The number of methoxy groups -OCH3 is 1. The number of benzene rings is 1. The normalized spacial score (nSPS) is 14.8. The maximum absolute atomic E-state index is 13.6. The quantitative estimate of drug-likeness (QED) is 0.898. The minimum Gasteiger partial charge on any atom is -0.383 e. The Morgan fingerprint density at radius 1 is 1.44 bits per heavy atom. The van der Waals surface area contributed by atoms with Crippen molar-refractivity contribution in [1.82, 2.24) is 5.32 Å². The summed E-state index contributed by atoms with van der Waals surface area (Å²) in [6.45, 7) is 4.57. The zero-order valence-corrected chi connectivity index (χ0v) is 11.3. The molecule has 4 heteroatoms. The van der Waals surface area contributed by atoms with Crippen molar-refractivity contribution in [3.63, 3.8) is 0 Å². The van der Waals surface area contributed by atoms with E-state index in [-0.39, 0.29) is 17.9 Å². The van der Waals surface area contributed by atoms with Crippen molar-refractivity contribution in [2.75, 3.05) is 13.7 Å². The Balaban J connectivity index is 2.69. The third-order valence-electron chi connectivity index (χ3n) is 2.38. The third-order valence-corrected chi connectivity index (χ3v) is 2.87. The third kappa shape index (κ3) is 3.85. The summed E-state index contributed by atoms with van der Waals surface area (Å²) < 4.78 is 19.4. The molecule has 2 nitrogen and oxygen atoms in total. The fraction of sp³-hybridized carbons (Fsp3) is 0.500. The summed E-state index contributed by atoms with van der Waals surface area (Å²) in [6.07, 6.45) is 0. The Hall–Kier alpha value is -0.450. The average Bonchev–Trinajstić information content (AvgIpc) is 2.17. The van der Waals surface area contributed by atoms with E-state index >= 15 is 0 Å². The van der Waals surface area contributed by atoms with Gasteiger partial charge < -0.3 is 10.1 Å². The first-order chi connectivity index (χ1) is 7.54. The number of hydrogen-bond donors (Lipinski definition) is 1. The summed E-state index contributed by atoms with van der Waals surface area (Å²) in [6, 6.07) is 5.28. The molecule has 0 radical (unpaired) electrons. The first-order valence-corrected chi connectivity index (χ1v) is 6.03. The largest absolute Gasteiger partial charge is 0.383 e. The Morgan fingerprint density at radius 2 is 2.12 bits per heavy atom. The average molecular weight is 290 g/mol. The van der Waals surface area contributed by atoms with Gasteiger partial charge in [-0.25, -0.2) is 4.39 Å². The molecule has 1 rings (SSSR count). The molecule has 0 saturated carbocycles. The van der Waals surface area contributed by atoms with Gasteiger partial charge in [0.05, 0.1) is 6.61 Å². The molecule has 0 heterocycles. The summed E-state index contributed by atoms with van der Waals surface area (Å²) in [5.74, 6) is -0.195. The van der Waals surface area contributed by atoms with Crippen molar-refractivity contribution in [3.05, 3.63) is 34.1 Å². The first kappa shape index (κ1) is 13.6. The second-order valence-corrected chi connectivity index (χ2v) is 4.83. The maximum atomic E-state index is 13.6. The molecule has 0 aliphatic carbocycles. The first-order valence-electron chi connectivity index (χ1n) is 5.24. The highest BCUT2D eigenvalue weighted by molar-refractivity contribution is 9.10. The van der Waals surface area contributed by atoms with Gasteiger partial charge in [-0.3, -0.25) is 0 Å². The van der Waals surface area contributed by atoms with E-state index in [0.717, 1.165) is 4.47 Å². The zero-order valence-electron chi connectivity index (χ0n) is 9.76. The molecule has 2 atom stereocenters. The van der Waals surface area contributed by atoms with Gasteiger partial charge in [0.1, 0.15) is 5.82 Å². The van der Waals surface area contributed by atoms with Crippen LogP contribution in [0.4, 0.5) is 4.39 Å². The molecule has 1 N–H and O–H groups in total. The van der Waals surface area contributed by atoms with Crippen LogP contribution >= 0.6 is 15.9 Å². The van der Waals surface area contributed by atoms with Crippen LogP contribution in [0.15, 0.2) is 22.7 Å². The lowest BCUT2D eigenvalue weighted by Gasteiger charge is -2.20. The molecule has 0 fully saturated rings. The maximum Gasteiger partial charge on any atom is 0.129 e. The number of ether oxygens (including phenoxy) is 1. The van der Waals surface area contributed by atoms with Gasteiger partial charge in [-0.05, 0) is 26.0 Å². The highest BCUT2D eigenvalue weighted by atomic mass is 79.9. The lowest BCUT2D eigenvalue weighted by Crippen LogP contribution is -2.32. The zero-order chi connectivity index (χ0) is 12.1. The molecule has 0 bridgehead atoms. The number of hydrogen-bond acceptors (Lipinski definition) is 2. The lowest BCUT2D eigenvalue weighted by atomic mass is 10.1. The fourth-order valence-electron chi connectivity index (χ4n) is 1.67. The Labute approximate surface area is 104 Å². The van der Waals surface area contributed by atoms with Gasteiger partial charge in [-0.1, -0.05) is 22.0 Å². The van der Waals surface area contributed by atoms with E-state index in [9.17, 15) is 4.39 Å². The van der Waals surface area contributed by atoms with E-state index in [1.165, 1.54) is 6.07 Å². The molecule has 0 amide bonds. The molecule has 90 valence electrons. The Bertz CT molecular complexity index is 346. The molecule has 0 aromatic heterocycles. The van der Waals surface area contributed by atoms with Crippen molar-refractivity contribution in [2.24, 2.45) is 0 Å². The lowest BCUT2D eigenvalue weighted by molar-refractivity contribution is 0.167. The number of rotatable bonds is 5. The van der Waals surface area contributed by atoms with Crippen LogP contribution in [0.2, 0.25) is 0 Å². The van der Waals surface area contributed by atoms with E-state index in [0.29, 0.717) is 12.2 Å². The summed E-state index contributed by atoms with van der Waals surface area (Å²) >= 11 is 3.24. The number of nitrogens with one attached hydrogen (secondary N) is 1. The van der Waals surface area contributed by atoms with Crippen LogP contribution in [0.3, 0.4) is 0 Å². The van der Waals surface area contributed by atoms with E-state index in [4.69, 9.17) is 4.74 Å². The van der Waals surface area contributed by atoms with E-state index in [2.05, 4.69) is 21.2 Å². The summed E-state index contributed by atoms with van der Waals surface area (Å²) in [4.78, 5) is 0. The van der Waals surface area contributed by atoms with Crippen molar-refractivity contribution in [1.29, 1.82) is 0 Å². The van der Waals surface area contributed by atoms with E-state index in [1.54, 1.807) is 13.2 Å². The van der Waals surface area contributed by atoms with Crippen molar-refractivity contribution in [2.45, 2.75) is 25.9 Å². The van der Waals surface area contributed by atoms with E-state index < -0.39 is 0 Å². The predicted molar refractivity (Wildman–Crippen MR) is 67.0 cm³/mol.